The predicted molar refractivity (Wildman–Crippen MR) is 80.7 cm³/mol. The number of rotatable bonds is 3. The van der Waals surface area contributed by atoms with Crippen LogP contribution in [0.2, 0.25) is 0 Å². The van der Waals surface area contributed by atoms with Crippen molar-refractivity contribution in [2.45, 2.75) is 19.4 Å². The van der Waals surface area contributed by atoms with Gasteiger partial charge in [-0.25, -0.2) is 13.4 Å². The van der Waals surface area contributed by atoms with Gasteiger partial charge in [0, 0.05) is 23.3 Å². The van der Waals surface area contributed by atoms with E-state index in [0.717, 1.165) is 10.0 Å². The van der Waals surface area contributed by atoms with E-state index in [9.17, 15) is 13.2 Å². The van der Waals surface area contributed by atoms with Crippen LogP contribution in [0.5, 0.6) is 0 Å². The first-order valence-electron chi connectivity index (χ1n) is 6.57. The molecule has 6 nitrogen and oxygen atoms in total. The number of carbonyl (C=O) groups excluding carboxylic acids is 1. The number of thiazole rings is 1. The average Bonchev–Trinajstić information content (AvgIpc) is 3.09. The Bertz CT molecular complexity index is 763. The smallest absolute Gasteiger partial charge is 0.271 e. The Morgan fingerprint density at radius 2 is 2.14 bits per heavy atom. The summed E-state index contributed by atoms with van der Waals surface area (Å²) in [5.41, 5.74) is 0.369. The van der Waals surface area contributed by atoms with Crippen LogP contribution in [0, 0.1) is 6.92 Å². The molecule has 2 aromatic rings. The van der Waals surface area contributed by atoms with Crippen molar-refractivity contribution in [3.05, 3.63) is 35.1 Å². The average molecular weight is 325 g/mol. The van der Waals surface area contributed by atoms with Gasteiger partial charge in [0.1, 0.15) is 5.69 Å². The second kappa shape index (κ2) is 5.27. The van der Waals surface area contributed by atoms with Crippen LogP contribution in [0.25, 0.3) is 5.13 Å². The van der Waals surface area contributed by atoms with Crippen LogP contribution in [0.1, 0.15) is 21.8 Å². The van der Waals surface area contributed by atoms with Gasteiger partial charge in [0.05, 0.1) is 11.5 Å². The number of nitrogens with one attached hydrogen (secondary N) is 1. The van der Waals surface area contributed by atoms with Gasteiger partial charge in [-0.1, -0.05) is 0 Å². The predicted octanol–water partition coefficient (Wildman–Crippen LogP) is 1.16. The quantitative estimate of drug-likeness (QED) is 0.918. The van der Waals surface area contributed by atoms with Crippen molar-refractivity contribution in [2.75, 3.05) is 11.5 Å². The number of hydrogen-bond donors (Lipinski definition) is 1. The number of aryl methyl sites for hydroxylation is 1. The van der Waals surface area contributed by atoms with Crippen molar-refractivity contribution < 1.29 is 13.2 Å². The molecule has 1 aliphatic rings. The summed E-state index contributed by atoms with van der Waals surface area (Å²) >= 11 is 1.43. The zero-order valence-corrected chi connectivity index (χ0v) is 13.1. The van der Waals surface area contributed by atoms with E-state index in [1.165, 1.54) is 11.3 Å². The lowest BCUT2D eigenvalue weighted by molar-refractivity contribution is 0.0936. The molecule has 1 unspecified atom stereocenters. The van der Waals surface area contributed by atoms with Gasteiger partial charge in [-0.15, -0.1) is 11.3 Å². The third-order valence-electron chi connectivity index (χ3n) is 3.39. The molecule has 21 heavy (non-hydrogen) atoms. The number of hydrogen-bond acceptors (Lipinski definition) is 5. The van der Waals surface area contributed by atoms with Gasteiger partial charge in [0.2, 0.25) is 0 Å². The maximum absolute atomic E-state index is 12.2. The molecule has 0 aromatic carbocycles. The zero-order valence-electron chi connectivity index (χ0n) is 11.4. The first-order valence-corrected chi connectivity index (χ1v) is 9.20. The fourth-order valence-corrected chi connectivity index (χ4v) is 4.87. The first-order chi connectivity index (χ1) is 9.94. The van der Waals surface area contributed by atoms with E-state index in [-0.39, 0.29) is 23.5 Å². The number of amides is 1. The van der Waals surface area contributed by atoms with Gasteiger partial charge in [0.25, 0.3) is 5.91 Å². The molecule has 0 saturated carbocycles. The minimum atomic E-state index is -3.00. The summed E-state index contributed by atoms with van der Waals surface area (Å²) in [4.78, 5) is 17.4. The Kier molecular flexibility index (Phi) is 3.58. The molecule has 3 heterocycles. The lowest BCUT2D eigenvalue weighted by atomic mass is 10.2. The Balaban J connectivity index is 1.76. The zero-order chi connectivity index (χ0) is 15.0. The van der Waals surface area contributed by atoms with Crippen LogP contribution < -0.4 is 5.32 Å². The number of carbonyl (C=O) groups is 1. The highest BCUT2D eigenvalue weighted by atomic mass is 32.2. The third-order valence-corrected chi connectivity index (χ3v) is 6.15. The number of nitrogens with zero attached hydrogens (tertiary/aromatic N) is 2. The van der Waals surface area contributed by atoms with Gasteiger partial charge >= 0.3 is 0 Å². The van der Waals surface area contributed by atoms with E-state index in [2.05, 4.69) is 10.3 Å². The summed E-state index contributed by atoms with van der Waals surface area (Å²) in [5.74, 6) is -0.140. The van der Waals surface area contributed by atoms with Crippen LogP contribution in [-0.4, -0.2) is 41.4 Å². The SMILES string of the molecule is Cc1sc(-n2cccc2)nc1C(=O)NC1CCS(=O)(=O)C1. The molecule has 0 radical (unpaired) electrons. The molecule has 1 atom stereocenters. The fraction of sp³-hybridized carbons (Fsp3) is 0.385. The Morgan fingerprint density at radius 1 is 1.43 bits per heavy atom. The highest BCUT2D eigenvalue weighted by molar-refractivity contribution is 7.91. The van der Waals surface area contributed by atoms with E-state index in [1.807, 2.05) is 36.0 Å². The molecule has 1 aliphatic heterocycles. The normalized spacial score (nSPS) is 20.5. The van der Waals surface area contributed by atoms with Crippen molar-refractivity contribution in [1.82, 2.24) is 14.9 Å². The number of aromatic nitrogens is 2. The summed E-state index contributed by atoms with van der Waals surface area (Å²) in [6.07, 6.45) is 4.20. The highest BCUT2D eigenvalue weighted by Crippen LogP contribution is 2.21. The molecule has 1 N–H and O–H groups in total. The van der Waals surface area contributed by atoms with Crippen molar-refractivity contribution >= 4 is 27.1 Å². The molecule has 0 bridgehead atoms. The largest absolute Gasteiger partial charge is 0.347 e. The van der Waals surface area contributed by atoms with Gasteiger partial charge in [0.15, 0.2) is 15.0 Å². The standard InChI is InChI=1S/C13H15N3O3S2/c1-9-11(15-13(20-9)16-5-2-3-6-16)12(17)14-10-4-7-21(18,19)8-10/h2-3,5-6,10H,4,7-8H2,1H3,(H,14,17). The van der Waals surface area contributed by atoms with E-state index in [4.69, 9.17) is 0 Å². The maximum Gasteiger partial charge on any atom is 0.271 e. The minimum absolute atomic E-state index is 0.0202. The summed E-state index contributed by atoms with van der Waals surface area (Å²) in [7, 11) is -3.00. The minimum Gasteiger partial charge on any atom is -0.347 e. The van der Waals surface area contributed by atoms with E-state index >= 15 is 0 Å². The van der Waals surface area contributed by atoms with Crippen molar-refractivity contribution in [1.29, 1.82) is 0 Å². The Labute approximate surface area is 126 Å². The molecule has 0 spiro atoms. The van der Waals surface area contributed by atoms with Crippen LogP contribution in [0.3, 0.4) is 0 Å². The summed E-state index contributed by atoms with van der Waals surface area (Å²) in [5, 5.41) is 3.49. The van der Waals surface area contributed by atoms with Gasteiger partial charge in [-0.05, 0) is 25.5 Å². The molecular formula is C13H15N3O3S2. The van der Waals surface area contributed by atoms with Gasteiger partial charge in [-0.3, -0.25) is 4.79 Å². The summed E-state index contributed by atoms with van der Waals surface area (Å²) < 4.78 is 24.7. The van der Waals surface area contributed by atoms with Gasteiger partial charge < -0.3 is 9.88 Å². The third kappa shape index (κ3) is 3.01. The fourth-order valence-electron chi connectivity index (χ4n) is 2.33. The van der Waals surface area contributed by atoms with E-state index < -0.39 is 9.84 Å². The second-order valence-corrected chi connectivity index (χ2v) is 8.48. The van der Waals surface area contributed by atoms with Crippen LogP contribution >= 0.6 is 11.3 Å². The first kappa shape index (κ1) is 14.3. The van der Waals surface area contributed by atoms with Crippen LogP contribution in [0.4, 0.5) is 0 Å². The molecular weight excluding hydrogens is 310 g/mol. The van der Waals surface area contributed by atoms with E-state index in [1.54, 1.807) is 0 Å². The lowest BCUT2D eigenvalue weighted by Gasteiger charge is -2.09. The maximum atomic E-state index is 12.2. The van der Waals surface area contributed by atoms with Crippen molar-refractivity contribution in [2.24, 2.45) is 0 Å². The number of sulfone groups is 1. The molecule has 3 rings (SSSR count). The molecule has 1 fully saturated rings. The topological polar surface area (TPSA) is 81.1 Å². The molecule has 2 aromatic heterocycles. The Hall–Kier alpha value is -1.67. The summed E-state index contributed by atoms with van der Waals surface area (Å²) in [6, 6.07) is 3.47. The van der Waals surface area contributed by atoms with Crippen LogP contribution in [-0.2, 0) is 9.84 Å². The Morgan fingerprint density at radius 3 is 2.76 bits per heavy atom. The molecule has 8 heteroatoms. The van der Waals surface area contributed by atoms with Crippen molar-refractivity contribution in [3.8, 4) is 5.13 Å². The van der Waals surface area contributed by atoms with Crippen LogP contribution in [0.15, 0.2) is 24.5 Å². The van der Waals surface area contributed by atoms with Crippen molar-refractivity contribution in [3.63, 3.8) is 0 Å². The van der Waals surface area contributed by atoms with Gasteiger partial charge in [-0.2, -0.15) is 0 Å². The van der Waals surface area contributed by atoms with E-state index in [0.29, 0.717) is 12.1 Å². The molecule has 1 saturated heterocycles. The molecule has 112 valence electrons. The monoisotopic (exact) mass is 325 g/mol. The summed E-state index contributed by atoms with van der Waals surface area (Å²) in [6.45, 7) is 1.84. The second-order valence-electron chi connectivity index (χ2n) is 5.06. The molecule has 0 aliphatic carbocycles. The molecule has 1 amide bonds. The highest BCUT2D eigenvalue weighted by Gasteiger charge is 2.30. The lowest BCUT2D eigenvalue weighted by Crippen LogP contribution is -2.36.